The maximum absolute atomic E-state index is 14.8. The normalized spacial score (nSPS) is 15.2. The van der Waals surface area contributed by atoms with Crippen molar-refractivity contribution in [1.29, 1.82) is 0 Å². The number of piperidine rings is 1. The molecule has 1 saturated heterocycles. The maximum Gasteiger partial charge on any atom is 0.309 e. The standard InChI is InChI=1S/C25H24F2N6O3/c1-2-25(24(34)35)8-10-32(11-9-25)23-18(27)14-28-22(29-23)20-13-21(19-7-12-36-31-19)33(30-20)15-16-5-3-4-6-17(16)26/h3-7,12-14H,2,8-11,15H2,1H3,(H,34,35). The maximum atomic E-state index is 14.8. The molecule has 36 heavy (non-hydrogen) atoms. The lowest BCUT2D eigenvalue weighted by Gasteiger charge is -2.38. The molecule has 0 saturated carbocycles. The van der Waals surface area contributed by atoms with Gasteiger partial charge in [0.2, 0.25) is 0 Å². The van der Waals surface area contributed by atoms with Gasteiger partial charge in [0.25, 0.3) is 0 Å². The van der Waals surface area contributed by atoms with Crippen LogP contribution in [0.5, 0.6) is 0 Å². The lowest BCUT2D eigenvalue weighted by Crippen LogP contribution is -2.44. The van der Waals surface area contributed by atoms with Crippen LogP contribution in [0.1, 0.15) is 31.7 Å². The number of carboxylic acid groups (broad SMARTS) is 1. The fourth-order valence-corrected chi connectivity index (χ4v) is 4.55. The van der Waals surface area contributed by atoms with Crippen LogP contribution in [0, 0.1) is 17.0 Å². The van der Waals surface area contributed by atoms with E-state index >= 15 is 0 Å². The summed E-state index contributed by atoms with van der Waals surface area (Å²) in [5.41, 5.74) is 1.04. The Morgan fingerprint density at radius 1 is 1.14 bits per heavy atom. The van der Waals surface area contributed by atoms with E-state index < -0.39 is 17.2 Å². The monoisotopic (exact) mass is 494 g/mol. The Kier molecular flexibility index (Phi) is 6.21. The predicted octanol–water partition coefficient (Wildman–Crippen LogP) is 4.40. The molecule has 0 radical (unpaired) electrons. The highest BCUT2D eigenvalue weighted by Crippen LogP contribution is 2.37. The SMILES string of the molecule is CCC1(C(=O)O)CCN(c2nc(-c3cc(-c4ccon4)n(Cc4ccccc4F)n3)ncc2F)CC1. The highest BCUT2D eigenvalue weighted by Gasteiger charge is 2.40. The fourth-order valence-electron chi connectivity index (χ4n) is 4.55. The quantitative estimate of drug-likeness (QED) is 0.403. The molecule has 4 aromatic rings. The largest absolute Gasteiger partial charge is 0.481 e. The molecule has 0 bridgehead atoms. The minimum absolute atomic E-state index is 0.0988. The number of benzene rings is 1. The summed E-state index contributed by atoms with van der Waals surface area (Å²) in [6.45, 7) is 2.71. The summed E-state index contributed by atoms with van der Waals surface area (Å²) in [7, 11) is 0. The molecular formula is C25H24F2N6O3. The Balaban J connectivity index is 1.48. The molecular weight excluding hydrogens is 470 g/mol. The summed E-state index contributed by atoms with van der Waals surface area (Å²) in [5.74, 6) is -1.50. The van der Waals surface area contributed by atoms with Gasteiger partial charge in [-0.15, -0.1) is 0 Å². The van der Waals surface area contributed by atoms with E-state index in [2.05, 4.69) is 20.2 Å². The highest BCUT2D eigenvalue weighted by molar-refractivity contribution is 5.75. The average Bonchev–Trinajstić information content (AvgIpc) is 3.56. The Hall–Kier alpha value is -4.15. The van der Waals surface area contributed by atoms with Gasteiger partial charge >= 0.3 is 5.97 Å². The second kappa shape index (κ2) is 9.48. The van der Waals surface area contributed by atoms with E-state index in [4.69, 9.17) is 4.52 Å². The molecule has 186 valence electrons. The number of carboxylic acids is 1. The third kappa shape index (κ3) is 4.32. The van der Waals surface area contributed by atoms with Crippen LogP contribution in [0.15, 0.2) is 53.4 Å². The highest BCUT2D eigenvalue weighted by atomic mass is 19.1. The zero-order chi connectivity index (χ0) is 25.3. The van der Waals surface area contributed by atoms with Gasteiger partial charge < -0.3 is 14.5 Å². The Morgan fingerprint density at radius 3 is 2.58 bits per heavy atom. The van der Waals surface area contributed by atoms with Crippen LogP contribution in [-0.4, -0.2) is 49.1 Å². The van der Waals surface area contributed by atoms with Crippen LogP contribution in [0.2, 0.25) is 0 Å². The van der Waals surface area contributed by atoms with Gasteiger partial charge in [-0.2, -0.15) is 5.10 Å². The van der Waals surface area contributed by atoms with Gasteiger partial charge in [0.15, 0.2) is 17.5 Å². The molecule has 1 fully saturated rings. The number of aromatic nitrogens is 5. The smallest absolute Gasteiger partial charge is 0.309 e. The van der Waals surface area contributed by atoms with Crippen molar-refractivity contribution in [3.8, 4) is 22.9 Å². The molecule has 1 aliphatic heterocycles. The van der Waals surface area contributed by atoms with Crippen molar-refractivity contribution in [2.45, 2.75) is 32.7 Å². The summed E-state index contributed by atoms with van der Waals surface area (Å²) >= 11 is 0. The van der Waals surface area contributed by atoms with E-state index in [-0.39, 0.29) is 24.0 Å². The van der Waals surface area contributed by atoms with Crippen molar-refractivity contribution >= 4 is 11.8 Å². The molecule has 1 N–H and O–H groups in total. The average molecular weight is 495 g/mol. The van der Waals surface area contributed by atoms with E-state index in [0.29, 0.717) is 55.0 Å². The van der Waals surface area contributed by atoms with Crippen LogP contribution in [-0.2, 0) is 11.3 Å². The van der Waals surface area contributed by atoms with Crippen LogP contribution < -0.4 is 4.90 Å². The summed E-state index contributed by atoms with van der Waals surface area (Å²) in [6.07, 6.45) is 3.81. The topological polar surface area (TPSA) is 110 Å². The van der Waals surface area contributed by atoms with E-state index in [1.807, 2.05) is 6.92 Å². The van der Waals surface area contributed by atoms with Crippen LogP contribution in [0.3, 0.4) is 0 Å². The summed E-state index contributed by atoms with van der Waals surface area (Å²) < 4.78 is 35.6. The van der Waals surface area contributed by atoms with Gasteiger partial charge in [-0.1, -0.05) is 30.3 Å². The molecule has 0 spiro atoms. The zero-order valence-corrected chi connectivity index (χ0v) is 19.6. The molecule has 11 heteroatoms. The first-order chi connectivity index (χ1) is 17.4. The molecule has 0 atom stereocenters. The molecule has 4 heterocycles. The van der Waals surface area contributed by atoms with Gasteiger partial charge in [-0.3, -0.25) is 9.48 Å². The molecule has 0 aliphatic carbocycles. The van der Waals surface area contributed by atoms with Gasteiger partial charge in [-0.25, -0.2) is 18.7 Å². The predicted molar refractivity (Wildman–Crippen MR) is 126 cm³/mol. The molecule has 1 aliphatic rings. The number of rotatable bonds is 7. The first kappa shape index (κ1) is 23.6. The fraction of sp³-hybridized carbons (Fsp3) is 0.320. The number of aliphatic carboxylic acids is 1. The minimum Gasteiger partial charge on any atom is -0.481 e. The summed E-state index contributed by atoms with van der Waals surface area (Å²) in [6, 6.07) is 9.75. The number of nitrogens with zero attached hydrogens (tertiary/aromatic N) is 6. The molecule has 1 aromatic carbocycles. The van der Waals surface area contributed by atoms with Crippen molar-refractivity contribution < 1.29 is 23.2 Å². The van der Waals surface area contributed by atoms with Gasteiger partial charge in [0, 0.05) is 24.7 Å². The molecule has 5 rings (SSSR count). The Labute approximate surface area is 205 Å². The lowest BCUT2D eigenvalue weighted by atomic mass is 9.76. The number of anilines is 1. The van der Waals surface area contributed by atoms with Crippen LogP contribution in [0.25, 0.3) is 22.9 Å². The van der Waals surface area contributed by atoms with Crippen molar-refractivity contribution in [3.05, 3.63) is 66.1 Å². The first-order valence-electron chi connectivity index (χ1n) is 11.6. The van der Waals surface area contributed by atoms with Crippen molar-refractivity contribution in [1.82, 2.24) is 24.9 Å². The van der Waals surface area contributed by atoms with Crippen molar-refractivity contribution in [3.63, 3.8) is 0 Å². The number of carbonyl (C=O) groups is 1. The minimum atomic E-state index is -0.825. The summed E-state index contributed by atoms with van der Waals surface area (Å²) in [5, 5.41) is 18.2. The molecule has 0 amide bonds. The van der Waals surface area contributed by atoms with Gasteiger partial charge in [-0.05, 0) is 31.4 Å². The van der Waals surface area contributed by atoms with E-state index in [9.17, 15) is 18.7 Å². The van der Waals surface area contributed by atoms with Crippen molar-refractivity contribution in [2.24, 2.45) is 5.41 Å². The number of hydrogen-bond donors (Lipinski definition) is 1. The van der Waals surface area contributed by atoms with Gasteiger partial charge in [0.05, 0.1) is 23.9 Å². The second-order valence-corrected chi connectivity index (χ2v) is 8.84. The van der Waals surface area contributed by atoms with E-state index in [1.165, 1.54) is 12.3 Å². The molecule has 3 aromatic heterocycles. The van der Waals surface area contributed by atoms with E-state index in [0.717, 1.165) is 6.20 Å². The lowest BCUT2D eigenvalue weighted by molar-refractivity contribution is -0.150. The number of halogens is 2. The van der Waals surface area contributed by atoms with Crippen LogP contribution in [0.4, 0.5) is 14.6 Å². The molecule has 0 unspecified atom stereocenters. The second-order valence-electron chi connectivity index (χ2n) is 8.84. The van der Waals surface area contributed by atoms with Crippen molar-refractivity contribution in [2.75, 3.05) is 18.0 Å². The first-order valence-corrected chi connectivity index (χ1v) is 11.6. The Bertz CT molecular complexity index is 1380. The third-order valence-electron chi connectivity index (χ3n) is 6.86. The molecule has 9 nitrogen and oxygen atoms in total. The number of hydrogen-bond acceptors (Lipinski definition) is 7. The third-order valence-corrected chi connectivity index (χ3v) is 6.86. The van der Waals surface area contributed by atoms with E-state index in [1.54, 1.807) is 39.9 Å². The van der Waals surface area contributed by atoms with Crippen LogP contribution >= 0.6 is 0 Å². The Morgan fingerprint density at radius 2 is 1.92 bits per heavy atom. The summed E-state index contributed by atoms with van der Waals surface area (Å²) in [4.78, 5) is 22.1. The van der Waals surface area contributed by atoms with Gasteiger partial charge in [0.1, 0.15) is 23.5 Å². The zero-order valence-electron chi connectivity index (χ0n) is 19.6.